The van der Waals surface area contributed by atoms with Crippen molar-refractivity contribution in [3.05, 3.63) is 29.8 Å². The number of carboxylic acids is 1. The molecule has 1 aromatic rings. The number of Topliss-reactive ketones (excluding diaryl/α,β-unsaturated/α-hetero) is 1. The van der Waals surface area contributed by atoms with Crippen molar-refractivity contribution in [3.63, 3.8) is 0 Å². The highest BCUT2D eigenvalue weighted by molar-refractivity contribution is 8.14. The van der Waals surface area contributed by atoms with E-state index >= 15 is 0 Å². The average Bonchev–Trinajstić information content (AvgIpc) is 2.87. The van der Waals surface area contributed by atoms with Crippen molar-refractivity contribution in [1.82, 2.24) is 0 Å². The number of methoxy groups -OCH3 is 1. The van der Waals surface area contributed by atoms with E-state index in [4.69, 9.17) is 9.84 Å². The van der Waals surface area contributed by atoms with Crippen LogP contribution in [0.15, 0.2) is 29.3 Å². The Hall–Kier alpha value is -1.82. The molecular weight excluding hydrogens is 266 g/mol. The molecule has 1 unspecified atom stereocenters. The standard InChI is InChI=1S/C13H13NO4S/c1-18-9-4-2-3-8(5-9)11(15)6-12-14-10(7-19-12)13(16)17/h2-5,10H,6-7H2,1H3,(H,16,17). The molecule has 1 aliphatic heterocycles. The topological polar surface area (TPSA) is 76.0 Å². The maximum atomic E-state index is 12.0. The van der Waals surface area contributed by atoms with E-state index in [0.717, 1.165) is 0 Å². The zero-order chi connectivity index (χ0) is 13.8. The van der Waals surface area contributed by atoms with E-state index < -0.39 is 12.0 Å². The van der Waals surface area contributed by atoms with E-state index in [1.807, 2.05) is 0 Å². The number of carboxylic acid groups (broad SMARTS) is 1. The van der Waals surface area contributed by atoms with Gasteiger partial charge in [0.05, 0.1) is 18.6 Å². The molecular formula is C13H13NO4S. The molecule has 0 aromatic heterocycles. The van der Waals surface area contributed by atoms with Crippen molar-refractivity contribution in [3.8, 4) is 5.75 Å². The second-order valence-corrected chi connectivity index (χ2v) is 5.11. The number of benzene rings is 1. The quantitative estimate of drug-likeness (QED) is 0.833. The van der Waals surface area contributed by atoms with E-state index in [1.54, 1.807) is 24.3 Å². The Bertz CT molecular complexity index is 541. The summed E-state index contributed by atoms with van der Waals surface area (Å²) in [5.41, 5.74) is 0.543. The molecule has 1 aromatic carbocycles. The molecule has 0 bridgehead atoms. The van der Waals surface area contributed by atoms with Crippen molar-refractivity contribution in [2.75, 3.05) is 12.9 Å². The Kier molecular flexibility index (Phi) is 4.21. The number of hydrogen-bond acceptors (Lipinski definition) is 5. The lowest BCUT2D eigenvalue weighted by molar-refractivity contribution is -0.137. The zero-order valence-electron chi connectivity index (χ0n) is 10.3. The SMILES string of the molecule is COc1cccc(C(=O)CC2=NC(C(=O)O)CS2)c1. The molecule has 0 radical (unpaired) electrons. The molecule has 0 amide bonds. The summed E-state index contributed by atoms with van der Waals surface area (Å²) in [4.78, 5) is 26.8. The third kappa shape index (κ3) is 3.35. The van der Waals surface area contributed by atoms with E-state index in [0.29, 0.717) is 22.1 Å². The Morgan fingerprint density at radius 1 is 1.53 bits per heavy atom. The maximum absolute atomic E-state index is 12.0. The average molecular weight is 279 g/mol. The van der Waals surface area contributed by atoms with Gasteiger partial charge in [-0.25, -0.2) is 4.79 Å². The van der Waals surface area contributed by atoms with Gasteiger partial charge in [-0.1, -0.05) is 12.1 Å². The number of ketones is 1. The molecule has 0 spiro atoms. The summed E-state index contributed by atoms with van der Waals surface area (Å²) in [5.74, 6) is -0.0152. The van der Waals surface area contributed by atoms with Gasteiger partial charge < -0.3 is 9.84 Å². The van der Waals surface area contributed by atoms with Crippen LogP contribution in [0.5, 0.6) is 5.75 Å². The fourth-order valence-electron chi connectivity index (χ4n) is 1.68. The fraction of sp³-hybridized carbons (Fsp3) is 0.308. The first-order valence-electron chi connectivity index (χ1n) is 5.69. The van der Waals surface area contributed by atoms with Crippen molar-refractivity contribution < 1.29 is 19.4 Å². The third-order valence-electron chi connectivity index (χ3n) is 2.70. The fourth-order valence-corrected chi connectivity index (χ4v) is 2.68. The van der Waals surface area contributed by atoms with Gasteiger partial charge in [0.1, 0.15) is 5.75 Å². The number of carbonyl (C=O) groups excluding carboxylic acids is 1. The first kappa shape index (κ1) is 13.6. The minimum absolute atomic E-state index is 0.0869. The molecule has 0 saturated heterocycles. The summed E-state index contributed by atoms with van der Waals surface area (Å²) < 4.78 is 5.06. The highest BCUT2D eigenvalue weighted by Gasteiger charge is 2.25. The van der Waals surface area contributed by atoms with Crippen LogP contribution in [0.3, 0.4) is 0 Å². The molecule has 0 fully saturated rings. The second kappa shape index (κ2) is 5.88. The molecule has 1 atom stereocenters. The molecule has 0 aliphatic carbocycles. The molecule has 2 rings (SSSR count). The summed E-state index contributed by atoms with van der Waals surface area (Å²) in [7, 11) is 1.54. The van der Waals surface area contributed by atoms with Crippen LogP contribution in [0.2, 0.25) is 0 Å². The predicted molar refractivity (Wildman–Crippen MR) is 73.3 cm³/mol. The van der Waals surface area contributed by atoms with Gasteiger partial charge in [-0.3, -0.25) is 9.79 Å². The van der Waals surface area contributed by atoms with Gasteiger partial charge in [-0.05, 0) is 12.1 Å². The molecule has 5 nitrogen and oxygen atoms in total. The lowest BCUT2D eigenvalue weighted by atomic mass is 10.1. The Balaban J connectivity index is 2.05. The third-order valence-corrected chi connectivity index (χ3v) is 3.76. The molecule has 19 heavy (non-hydrogen) atoms. The Morgan fingerprint density at radius 2 is 2.32 bits per heavy atom. The molecule has 1 aliphatic rings. The normalized spacial score (nSPS) is 17.9. The van der Waals surface area contributed by atoms with E-state index in [2.05, 4.69) is 4.99 Å². The second-order valence-electron chi connectivity index (χ2n) is 4.02. The predicted octanol–water partition coefficient (Wildman–Crippen LogP) is 1.87. The monoisotopic (exact) mass is 279 g/mol. The number of aliphatic carboxylic acids is 1. The Morgan fingerprint density at radius 3 is 2.95 bits per heavy atom. The van der Waals surface area contributed by atoms with Crippen LogP contribution in [-0.2, 0) is 4.79 Å². The minimum Gasteiger partial charge on any atom is -0.497 e. The molecule has 1 N–H and O–H groups in total. The van der Waals surface area contributed by atoms with Crippen LogP contribution in [0, 0.1) is 0 Å². The number of carbonyl (C=O) groups is 2. The minimum atomic E-state index is -0.948. The van der Waals surface area contributed by atoms with Crippen molar-refractivity contribution >= 4 is 28.6 Å². The summed E-state index contributed by atoms with van der Waals surface area (Å²) in [6, 6.07) is 6.16. The molecule has 6 heteroatoms. The van der Waals surface area contributed by atoms with Gasteiger partial charge in [0.25, 0.3) is 0 Å². The number of aliphatic imine (C=N–C) groups is 1. The highest BCUT2D eigenvalue weighted by atomic mass is 32.2. The van der Waals surface area contributed by atoms with E-state index in [-0.39, 0.29) is 12.2 Å². The Labute approximate surface area is 114 Å². The lowest BCUT2D eigenvalue weighted by Crippen LogP contribution is -2.17. The van der Waals surface area contributed by atoms with E-state index in [1.165, 1.54) is 18.9 Å². The summed E-state index contributed by atoms with van der Waals surface area (Å²) in [6.45, 7) is 0. The van der Waals surface area contributed by atoms with Crippen LogP contribution in [-0.4, -0.2) is 40.8 Å². The highest BCUT2D eigenvalue weighted by Crippen LogP contribution is 2.22. The molecule has 100 valence electrons. The first-order valence-corrected chi connectivity index (χ1v) is 6.68. The first-order chi connectivity index (χ1) is 9.10. The summed E-state index contributed by atoms with van der Waals surface area (Å²) >= 11 is 1.33. The smallest absolute Gasteiger partial charge is 0.329 e. The number of nitrogens with zero attached hydrogens (tertiary/aromatic N) is 1. The van der Waals surface area contributed by atoms with Gasteiger partial charge >= 0.3 is 5.97 Å². The number of rotatable bonds is 5. The zero-order valence-corrected chi connectivity index (χ0v) is 11.1. The maximum Gasteiger partial charge on any atom is 0.329 e. The van der Waals surface area contributed by atoms with Crippen LogP contribution in [0.4, 0.5) is 0 Å². The van der Waals surface area contributed by atoms with Gasteiger partial charge in [-0.2, -0.15) is 0 Å². The van der Waals surface area contributed by atoms with Crippen LogP contribution in [0.25, 0.3) is 0 Å². The van der Waals surface area contributed by atoms with Crippen LogP contribution in [0.1, 0.15) is 16.8 Å². The van der Waals surface area contributed by atoms with Gasteiger partial charge in [0, 0.05) is 11.3 Å². The lowest BCUT2D eigenvalue weighted by Gasteiger charge is -2.03. The van der Waals surface area contributed by atoms with Crippen LogP contribution >= 0.6 is 11.8 Å². The van der Waals surface area contributed by atoms with E-state index in [9.17, 15) is 9.59 Å². The molecule has 1 heterocycles. The molecule has 0 saturated carbocycles. The number of hydrogen-bond donors (Lipinski definition) is 1. The summed E-state index contributed by atoms with van der Waals surface area (Å²) in [5, 5.41) is 9.41. The van der Waals surface area contributed by atoms with Gasteiger partial charge in [0.15, 0.2) is 11.8 Å². The van der Waals surface area contributed by atoms with Gasteiger partial charge in [0.2, 0.25) is 0 Å². The number of ether oxygens (including phenoxy) is 1. The largest absolute Gasteiger partial charge is 0.497 e. The van der Waals surface area contributed by atoms with Crippen molar-refractivity contribution in [1.29, 1.82) is 0 Å². The van der Waals surface area contributed by atoms with Crippen molar-refractivity contribution in [2.24, 2.45) is 4.99 Å². The van der Waals surface area contributed by atoms with Gasteiger partial charge in [-0.15, -0.1) is 11.8 Å². The number of thioether (sulfide) groups is 1. The van der Waals surface area contributed by atoms with Crippen LogP contribution < -0.4 is 4.74 Å². The summed E-state index contributed by atoms with van der Waals surface area (Å²) in [6.07, 6.45) is 0.140. The van der Waals surface area contributed by atoms with Crippen molar-refractivity contribution in [2.45, 2.75) is 12.5 Å².